The van der Waals surface area contributed by atoms with Crippen molar-refractivity contribution in [3.8, 4) is 0 Å². The highest BCUT2D eigenvalue weighted by Gasteiger charge is 2.08. The number of rotatable bonds is 3. The molecule has 1 aromatic heterocycles. The average molecular weight is 317 g/mol. The highest BCUT2D eigenvalue weighted by molar-refractivity contribution is 9.10. The van der Waals surface area contributed by atoms with Crippen LogP contribution in [0.2, 0.25) is 0 Å². The van der Waals surface area contributed by atoms with Crippen LogP contribution >= 0.6 is 39.2 Å². The first kappa shape index (κ1) is 12.0. The first-order chi connectivity index (χ1) is 7.66. The van der Waals surface area contributed by atoms with E-state index in [4.69, 9.17) is 0 Å². The Balaban J connectivity index is 2.21. The van der Waals surface area contributed by atoms with Gasteiger partial charge in [-0.2, -0.15) is 4.37 Å². The van der Waals surface area contributed by atoms with Crippen molar-refractivity contribution < 1.29 is 5.11 Å². The summed E-state index contributed by atoms with van der Waals surface area (Å²) in [6.45, 7) is 1.75. The van der Waals surface area contributed by atoms with E-state index in [9.17, 15) is 5.11 Å². The summed E-state index contributed by atoms with van der Waals surface area (Å²) in [4.78, 5) is 5.18. The molecule has 0 spiro atoms. The van der Waals surface area contributed by atoms with E-state index in [0.717, 1.165) is 19.3 Å². The maximum absolute atomic E-state index is 9.50. The van der Waals surface area contributed by atoms with Crippen molar-refractivity contribution >= 4 is 39.2 Å². The van der Waals surface area contributed by atoms with E-state index in [2.05, 4.69) is 25.3 Å². The Bertz CT molecular complexity index is 474. The van der Waals surface area contributed by atoms with Crippen LogP contribution in [0.3, 0.4) is 0 Å². The summed E-state index contributed by atoms with van der Waals surface area (Å²) in [5.41, 5.74) is 0.890. The molecule has 2 aromatic rings. The van der Waals surface area contributed by atoms with Crippen LogP contribution in [0, 0.1) is 0 Å². The third-order valence-electron chi connectivity index (χ3n) is 1.97. The van der Waals surface area contributed by atoms with Gasteiger partial charge in [-0.25, -0.2) is 4.98 Å². The molecule has 0 aliphatic rings. The quantitative estimate of drug-likeness (QED) is 0.941. The Kier molecular flexibility index (Phi) is 3.96. The molecular formula is C10H9BrN2OS2. The van der Waals surface area contributed by atoms with Gasteiger partial charge < -0.3 is 5.11 Å². The second-order valence-electron chi connectivity index (χ2n) is 3.17. The second-order valence-corrected chi connectivity index (χ2v) is 6.12. The van der Waals surface area contributed by atoms with Crippen molar-refractivity contribution in [1.29, 1.82) is 0 Å². The van der Waals surface area contributed by atoms with Gasteiger partial charge in [-0.1, -0.05) is 33.8 Å². The maximum Gasteiger partial charge on any atom is 0.174 e. The molecule has 6 heteroatoms. The number of aliphatic hydroxyl groups is 1. The number of aliphatic hydroxyl groups excluding tert-OH is 1. The predicted molar refractivity (Wildman–Crippen MR) is 68.8 cm³/mol. The normalized spacial score (nSPS) is 12.7. The number of nitrogens with zero attached hydrogens (tertiary/aromatic N) is 2. The lowest BCUT2D eigenvalue weighted by molar-refractivity contribution is 0.198. The molecule has 0 aliphatic heterocycles. The van der Waals surface area contributed by atoms with Gasteiger partial charge in [-0.3, -0.25) is 0 Å². The van der Waals surface area contributed by atoms with Gasteiger partial charge in [0, 0.05) is 9.37 Å². The molecule has 0 fully saturated rings. The molecule has 16 heavy (non-hydrogen) atoms. The van der Waals surface area contributed by atoms with Gasteiger partial charge in [0.15, 0.2) is 4.34 Å². The van der Waals surface area contributed by atoms with E-state index in [1.165, 1.54) is 11.5 Å². The fourth-order valence-corrected chi connectivity index (χ4v) is 3.54. The van der Waals surface area contributed by atoms with Crippen LogP contribution in [0.5, 0.6) is 0 Å². The first-order valence-corrected chi connectivity index (χ1v) is 6.97. The lowest BCUT2D eigenvalue weighted by atomic mass is 10.1. The van der Waals surface area contributed by atoms with Gasteiger partial charge in [0.2, 0.25) is 0 Å². The summed E-state index contributed by atoms with van der Waals surface area (Å²) in [5, 5.41) is 9.50. The molecule has 0 aliphatic carbocycles. The van der Waals surface area contributed by atoms with Crippen LogP contribution in [-0.4, -0.2) is 14.5 Å². The Hall–Kier alpha value is -0.430. The molecule has 0 saturated heterocycles. The monoisotopic (exact) mass is 316 g/mol. The third kappa shape index (κ3) is 2.82. The highest BCUT2D eigenvalue weighted by atomic mass is 79.9. The van der Waals surface area contributed by atoms with Crippen molar-refractivity contribution in [3.05, 3.63) is 34.6 Å². The summed E-state index contributed by atoms with van der Waals surface area (Å²) < 4.78 is 5.77. The summed E-state index contributed by atoms with van der Waals surface area (Å²) in [5.74, 6) is 0. The van der Waals surface area contributed by atoms with E-state index in [1.807, 2.05) is 18.2 Å². The SMILES string of the molecule is C[C@H](O)c1ccc(Sc2ncns2)cc1Br. The molecule has 0 unspecified atom stereocenters. The molecule has 0 radical (unpaired) electrons. The van der Waals surface area contributed by atoms with Crippen LogP contribution < -0.4 is 0 Å². The van der Waals surface area contributed by atoms with Crippen molar-refractivity contribution in [2.45, 2.75) is 22.3 Å². The van der Waals surface area contributed by atoms with Crippen molar-refractivity contribution in [1.82, 2.24) is 9.36 Å². The minimum Gasteiger partial charge on any atom is -0.389 e. The minimum absolute atomic E-state index is 0.463. The smallest absolute Gasteiger partial charge is 0.174 e. The van der Waals surface area contributed by atoms with E-state index >= 15 is 0 Å². The molecular weight excluding hydrogens is 308 g/mol. The molecule has 2 rings (SSSR count). The van der Waals surface area contributed by atoms with E-state index in [0.29, 0.717) is 0 Å². The third-order valence-corrected chi connectivity index (χ3v) is 4.36. The molecule has 1 heterocycles. The Morgan fingerprint density at radius 3 is 2.88 bits per heavy atom. The topological polar surface area (TPSA) is 46.0 Å². The molecule has 0 amide bonds. The number of aromatic nitrogens is 2. The summed E-state index contributed by atoms with van der Waals surface area (Å²) >= 11 is 6.38. The summed E-state index contributed by atoms with van der Waals surface area (Å²) in [6.07, 6.45) is 1.08. The number of benzene rings is 1. The Morgan fingerprint density at radius 1 is 1.50 bits per heavy atom. The largest absolute Gasteiger partial charge is 0.389 e. The molecule has 0 saturated carbocycles. The molecule has 3 nitrogen and oxygen atoms in total. The first-order valence-electron chi connectivity index (χ1n) is 4.59. The van der Waals surface area contributed by atoms with E-state index in [-0.39, 0.29) is 0 Å². The van der Waals surface area contributed by atoms with Gasteiger partial charge in [-0.05, 0) is 36.2 Å². The second kappa shape index (κ2) is 5.27. The Morgan fingerprint density at radius 2 is 2.31 bits per heavy atom. The van der Waals surface area contributed by atoms with Gasteiger partial charge in [-0.15, -0.1) is 0 Å². The average Bonchev–Trinajstić information content (AvgIpc) is 2.70. The number of hydrogen-bond donors (Lipinski definition) is 1. The van der Waals surface area contributed by atoms with E-state index in [1.54, 1.807) is 25.0 Å². The molecule has 0 bridgehead atoms. The van der Waals surface area contributed by atoms with Crippen LogP contribution in [0.4, 0.5) is 0 Å². The number of halogens is 1. The summed E-state index contributed by atoms with van der Waals surface area (Å²) in [6, 6.07) is 5.87. The molecule has 1 N–H and O–H groups in total. The lowest BCUT2D eigenvalue weighted by Crippen LogP contribution is -1.92. The maximum atomic E-state index is 9.50. The highest BCUT2D eigenvalue weighted by Crippen LogP contribution is 2.32. The standard InChI is InChI=1S/C10H9BrN2OS2/c1-6(14)8-3-2-7(4-9(8)11)15-10-12-5-13-16-10/h2-6,14H,1H3/t6-/m0/s1. The molecule has 1 aromatic carbocycles. The molecule has 1 atom stereocenters. The van der Waals surface area contributed by atoms with Crippen molar-refractivity contribution in [2.75, 3.05) is 0 Å². The Labute approximate surface area is 110 Å². The van der Waals surface area contributed by atoms with Crippen LogP contribution in [0.15, 0.2) is 38.2 Å². The lowest BCUT2D eigenvalue weighted by Gasteiger charge is -2.08. The van der Waals surface area contributed by atoms with Crippen molar-refractivity contribution in [3.63, 3.8) is 0 Å². The zero-order valence-electron chi connectivity index (χ0n) is 8.42. The van der Waals surface area contributed by atoms with Gasteiger partial charge in [0.05, 0.1) is 6.10 Å². The van der Waals surface area contributed by atoms with E-state index < -0.39 is 6.10 Å². The summed E-state index contributed by atoms with van der Waals surface area (Å²) in [7, 11) is 0. The minimum atomic E-state index is -0.463. The van der Waals surface area contributed by atoms with Crippen molar-refractivity contribution in [2.24, 2.45) is 0 Å². The number of hydrogen-bond acceptors (Lipinski definition) is 5. The van der Waals surface area contributed by atoms with Crippen LogP contribution in [0.1, 0.15) is 18.6 Å². The fraction of sp³-hybridized carbons (Fsp3) is 0.200. The zero-order chi connectivity index (χ0) is 11.5. The van der Waals surface area contributed by atoms with Gasteiger partial charge in [0.25, 0.3) is 0 Å². The van der Waals surface area contributed by atoms with Crippen LogP contribution in [-0.2, 0) is 0 Å². The predicted octanol–water partition coefficient (Wildman–Crippen LogP) is 3.51. The van der Waals surface area contributed by atoms with Crippen LogP contribution in [0.25, 0.3) is 0 Å². The van der Waals surface area contributed by atoms with Gasteiger partial charge in [0.1, 0.15) is 6.33 Å². The molecule has 84 valence electrons. The zero-order valence-corrected chi connectivity index (χ0v) is 11.6. The fourth-order valence-electron chi connectivity index (χ4n) is 1.22. The van der Waals surface area contributed by atoms with Gasteiger partial charge >= 0.3 is 0 Å².